The van der Waals surface area contributed by atoms with Gasteiger partial charge in [-0.25, -0.2) is 8.42 Å². The number of benzene rings is 2. The molecule has 1 aliphatic carbocycles. The third kappa shape index (κ3) is 4.68. The molecule has 176 valence electrons. The Hall–Kier alpha value is -2.71. The van der Waals surface area contributed by atoms with Gasteiger partial charge in [-0.15, -0.1) is 0 Å². The van der Waals surface area contributed by atoms with E-state index in [1.165, 1.54) is 0 Å². The van der Waals surface area contributed by atoms with E-state index in [0.717, 1.165) is 41.1 Å². The van der Waals surface area contributed by atoms with E-state index in [2.05, 4.69) is 5.32 Å². The fourth-order valence-electron chi connectivity index (χ4n) is 4.93. The smallest absolute Gasteiger partial charge is 0.247 e. The summed E-state index contributed by atoms with van der Waals surface area (Å²) in [7, 11) is -3.92. The van der Waals surface area contributed by atoms with Crippen LogP contribution < -0.4 is 5.32 Å². The third-order valence-electron chi connectivity index (χ3n) is 6.73. The number of hydrogen-bond donors (Lipinski definition) is 1. The molecule has 0 bridgehead atoms. The topological polar surface area (TPSA) is 86.8 Å². The van der Waals surface area contributed by atoms with Crippen LogP contribution in [0.4, 0.5) is 0 Å². The number of piperazine rings is 1. The van der Waals surface area contributed by atoms with Crippen molar-refractivity contribution >= 4 is 21.8 Å². The quantitative estimate of drug-likeness (QED) is 0.705. The monoisotopic (exact) mass is 469 g/mol. The maximum atomic E-state index is 13.5. The average Bonchev–Trinajstić information content (AvgIpc) is 3.32. The van der Waals surface area contributed by atoms with Crippen molar-refractivity contribution in [2.45, 2.75) is 62.6 Å². The van der Waals surface area contributed by atoms with E-state index in [-0.39, 0.29) is 35.8 Å². The van der Waals surface area contributed by atoms with Crippen molar-refractivity contribution in [3.05, 3.63) is 65.7 Å². The first-order chi connectivity index (χ1) is 15.7. The van der Waals surface area contributed by atoms with Crippen LogP contribution in [-0.4, -0.2) is 54.1 Å². The zero-order valence-corrected chi connectivity index (χ0v) is 20.0. The summed E-state index contributed by atoms with van der Waals surface area (Å²) in [6.45, 7) is 3.56. The van der Waals surface area contributed by atoms with Crippen molar-refractivity contribution in [3.8, 4) is 0 Å². The van der Waals surface area contributed by atoms with Gasteiger partial charge in [-0.1, -0.05) is 60.9 Å². The summed E-state index contributed by atoms with van der Waals surface area (Å²) in [5, 5.41) is 2.95. The summed E-state index contributed by atoms with van der Waals surface area (Å²) in [5.41, 5.74) is 0.589. The Morgan fingerprint density at radius 2 is 1.70 bits per heavy atom. The molecule has 2 aliphatic rings. The molecule has 8 heteroatoms. The maximum absolute atomic E-state index is 13.5. The van der Waals surface area contributed by atoms with E-state index in [1.807, 2.05) is 37.3 Å². The minimum atomic E-state index is -3.92. The van der Waals surface area contributed by atoms with Gasteiger partial charge in [-0.05, 0) is 44.4 Å². The largest absolute Gasteiger partial charge is 0.350 e. The van der Waals surface area contributed by atoms with E-state index < -0.39 is 15.6 Å². The normalized spacial score (nSPS) is 22.5. The highest BCUT2D eigenvalue weighted by molar-refractivity contribution is 7.89. The Morgan fingerprint density at radius 1 is 1.06 bits per heavy atom. The van der Waals surface area contributed by atoms with Gasteiger partial charge in [0.2, 0.25) is 21.8 Å². The minimum Gasteiger partial charge on any atom is -0.350 e. The Balaban J connectivity index is 1.64. The molecule has 2 fully saturated rings. The van der Waals surface area contributed by atoms with Crippen LogP contribution in [0, 0.1) is 6.92 Å². The van der Waals surface area contributed by atoms with Gasteiger partial charge in [0.15, 0.2) is 0 Å². The molecule has 2 aromatic carbocycles. The number of aryl methyl sites for hydroxylation is 1. The molecule has 1 saturated carbocycles. The molecule has 33 heavy (non-hydrogen) atoms. The number of hydrogen-bond acceptors (Lipinski definition) is 4. The molecule has 0 spiro atoms. The lowest BCUT2D eigenvalue weighted by Gasteiger charge is -2.49. The number of carbonyl (C=O) groups excluding carboxylic acids is 2. The van der Waals surface area contributed by atoms with Crippen molar-refractivity contribution < 1.29 is 18.0 Å². The van der Waals surface area contributed by atoms with Crippen molar-refractivity contribution in [2.75, 3.05) is 13.1 Å². The number of nitrogens with zero attached hydrogens (tertiary/aromatic N) is 2. The van der Waals surface area contributed by atoms with E-state index in [0.29, 0.717) is 6.54 Å². The lowest BCUT2D eigenvalue weighted by molar-refractivity contribution is -0.156. The molecule has 2 aromatic rings. The number of carbonyl (C=O) groups is 2. The number of amides is 2. The Morgan fingerprint density at radius 3 is 2.33 bits per heavy atom. The first-order valence-electron chi connectivity index (χ1n) is 11.4. The van der Waals surface area contributed by atoms with Gasteiger partial charge in [-0.2, -0.15) is 4.31 Å². The highest BCUT2D eigenvalue weighted by Crippen LogP contribution is 2.34. The molecule has 0 unspecified atom stereocenters. The standard InChI is InChI=1S/C25H31N3O4S/c1-19-12-14-22(15-13-19)33(31,32)27-17-23(29)28(21-10-6-7-11-21)25(2,18-27)24(30)26-16-20-8-4-3-5-9-20/h3-5,8-9,12-15,21H,6-7,10-11,16-18H2,1-2H3,(H,26,30)/t25-/m1/s1. The van der Waals surface area contributed by atoms with Crippen molar-refractivity contribution in [1.29, 1.82) is 0 Å². The molecule has 7 nitrogen and oxygen atoms in total. The Kier molecular flexibility index (Phi) is 6.59. The van der Waals surface area contributed by atoms with Gasteiger partial charge in [-0.3, -0.25) is 9.59 Å². The minimum absolute atomic E-state index is 0.0470. The fraction of sp³-hybridized carbons (Fsp3) is 0.440. The van der Waals surface area contributed by atoms with Crippen LogP contribution in [0.2, 0.25) is 0 Å². The summed E-state index contributed by atoms with van der Waals surface area (Å²) < 4.78 is 27.9. The van der Waals surface area contributed by atoms with Crippen LogP contribution in [0.25, 0.3) is 0 Å². The molecule has 1 N–H and O–H groups in total. The van der Waals surface area contributed by atoms with Gasteiger partial charge in [0.1, 0.15) is 5.54 Å². The fourth-order valence-corrected chi connectivity index (χ4v) is 6.41. The molecule has 1 saturated heterocycles. The molecule has 4 rings (SSSR count). The molecule has 1 atom stereocenters. The van der Waals surface area contributed by atoms with Gasteiger partial charge in [0.25, 0.3) is 0 Å². The highest BCUT2D eigenvalue weighted by Gasteiger charge is 2.52. The summed E-state index contributed by atoms with van der Waals surface area (Å²) in [4.78, 5) is 28.7. The van der Waals surface area contributed by atoms with Gasteiger partial charge in [0, 0.05) is 19.1 Å². The van der Waals surface area contributed by atoms with Crippen LogP contribution >= 0.6 is 0 Å². The van der Waals surface area contributed by atoms with Crippen molar-refractivity contribution in [1.82, 2.24) is 14.5 Å². The number of nitrogens with one attached hydrogen (secondary N) is 1. The SMILES string of the molecule is Cc1ccc(S(=O)(=O)N2CC(=O)N(C3CCCC3)[C@@](C)(C(=O)NCc3ccccc3)C2)cc1. The van der Waals surface area contributed by atoms with Gasteiger partial charge < -0.3 is 10.2 Å². The predicted molar refractivity (Wildman–Crippen MR) is 126 cm³/mol. The summed E-state index contributed by atoms with van der Waals surface area (Å²) in [6, 6.07) is 16.0. The summed E-state index contributed by atoms with van der Waals surface area (Å²) in [5.74, 6) is -0.656. The summed E-state index contributed by atoms with van der Waals surface area (Å²) in [6.07, 6.45) is 3.67. The Bertz CT molecular complexity index is 1110. The van der Waals surface area contributed by atoms with Crippen molar-refractivity contribution in [2.24, 2.45) is 0 Å². The predicted octanol–water partition coefficient (Wildman–Crippen LogP) is 2.85. The zero-order valence-electron chi connectivity index (χ0n) is 19.2. The Labute approximate surface area is 195 Å². The van der Waals surface area contributed by atoms with Crippen LogP contribution in [0.3, 0.4) is 0 Å². The van der Waals surface area contributed by atoms with Crippen LogP contribution in [0.15, 0.2) is 59.5 Å². The van der Waals surface area contributed by atoms with Crippen LogP contribution in [0.1, 0.15) is 43.7 Å². The molecule has 1 heterocycles. The van der Waals surface area contributed by atoms with E-state index in [4.69, 9.17) is 0 Å². The number of sulfonamides is 1. The molecular formula is C25H31N3O4S. The van der Waals surface area contributed by atoms with E-state index in [1.54, 1.807) is 36.1 Å². The second-order valence-corrected chi connectivity index (χ2v) is 11.2. The summed E-state index contributed by atoms with van der Waals surface area (Å²) >= 11 is 0. The zero-order chi connectivity index (χ0) is 23.6. The van der Waals surface area contributed by atoms with Crippen LogP contribution in [0.5, 0.6) is 0 Å². The van der Waals surface area contributed by atoms with Gasteiger partial charge in [0.05, 0.1) is 11.4 Å². The second kappa shape index (κ2) is 9.27. The maximum Gasteiger partial charge on any atom is 0.247 e. The van der Waals surface area contributed by atoms with Crippen LogP contribution in [-0.2, 0) is 26.2 Å². The van der Waals surface area contributed by atoms with Gasteiger partial charge >= 0.3 is 0 Å². The molecule has 0 radical (unpaired) electrons. The highest BCUT2D eigenvalue weighted by atomic mass is 32.2. The first kappa shape index (κ1) is 23.4. The van der Waals surface area contributed by atoms with E-state index >= 15 is 0 Å². The first-order valence-corrected chi connectivity index (χ1v) is 12.9. The molecular weight excluding hydrogens is 438 g/mol. The third-order valence-corrected chi connectivity index (χ3v) is 8.54. The molecule has 0 aromatic heterocycles. The average molecular weight is 470 g/mol. The van der Waals surface area contributed by atoms with E-state index in [9.17, 15) is 18.0 Å². The number of rotatable bonds is 6. The molecule has 2 amide bonds. The lowest BCUT2D eigenvalue weighted by Crippen LogP contribution is -2.71. The lowest BCUT2D eigenvalue weighted by atomic mass is 9.92. The second-order valence-electron chi connectivity index (χ2n) is 9.23. The van der Waals surface area contributed by atoms with Crippen molar-refractivity contribution in [3.63, 3.8) is 0 Å². The molecule has 1 aliphatic heterocycles.